The molecule has 174 valence electrons. The fourth-order valence-corrected chi connectivity index (χ4v) is 4.58. The minimum absolute atomic E-state index is 0.108. The highest BCUT2D eigenvalue weighted by Crippen LogP contribution is 2.45. The van der Waals surface area contributed by atoms with Crippen LogP contribution in [0.15, 0.2) is 73.3 Å². The summed E-state index contributed by atoms with van der Waals surface area (Å²) in [6.45, 7) is 6.32. The zero-order chi connectivity index (χ0) is 24.0. The number of carbonyl (C=O) groups is 2. The molecule has 1 aliphatic rings. The first-order valence-corrected chi connectivity index (χ1v) is 11.9. The Hall–Kier alpha value is -2.49. The number of rotatable bonds is 10. The molecule has 2 N–H and O–H groups in total. The average Bonchev–Trinajstić information content (AvgIpc) is 3.02. The van der Waals surface area contributed by atoms with Crippen LogP contribution in [0.1, 0.15) is 24.5 Å². The number of aliphatic hydroxyl groups excluding tert-OH is 1. The van der Waals surface area contributed by atoms with Crippen LogP contribution < -0.4 is 4.90 Å². The van der Waals surface area contributed by atoms with Crippen molar-refractivity contribution in [1.82, 2.24) is 4.90 Å². The normalized spacial score (nSPS) is 18.4. The lowest BCUT2D eigenvalue weighted by Crippen LogP contribution is -2.44. The third-order valence-electron chi connectivity index (χ3n) is 5.86. The van der Waals surface area contributed by atoms with Crippen LogP contribution in [-0.4, -0.2) is 46.6 Å². The molecule has 2 aromatic rings. The Labute approximate surface area is 208 Å². The van der Waals surface area contributed by atoms with Gasteiger partial charge in [0.2, 0.25) is 5.91 Å². The summed E-state index contributed by atoms with van der Waals surface area (Å²) in [5, 5.41) is 20.9. The largest absolute Gasteiger partial charge is 0.395 e. The molecule has 0 saturated heterocycles. The quantitative estimate of drug-likeness (QED) is 0.344. The molecule has 7 heteroatoms. The minimum atomic E-state index is -1.71. The van der Waals surface area contributed by atoms with E-state index in [9.17, 15) is 19.8 Å². The number of benzene rings is 2. The Kier molecular flexibility index (Phi) is 8.45. The summed E-state index contributed by atoms with van der Waals surface area (Å²) in [5.74, 6) is -1.08. The second kappa shape index (κ2) is 11.1. The molecular formula is C26H29IN2O4. The van der Waals surface area contributed by atoms with Gasteiger partial charge in [0, 0.05) is 41.1 Å². The number of amides is 2. The van der Waals surface area contributed by atoms with Gasteiger partial charge < -0.3 is 20.0 Å². The fraction of sp³-hybridized carbons (Fsp3) is 0.308. The molecule has 2 amide bonds. The lowest BCUT2D eigenvalue weighted by Gasteiger charge is -2.27. The van der Waals surface area contributed by atoms with Gasteiger partial charge in [0.1, 0.15) is 0 Å². The maximum absolute atomic E-state index is 13.2. The number of fused-ring (bicyclic) bond motifs is 1. The first-order valence-electron chi connectivity index (χ1n) is 10.9. The molecule has 2 aromatic carbocycles. The highest BCUT2D eigenvalue weighted by molar-refractivity contribution is 14.1. The Bertz CT molecular complexity index is 1040. The summed E-state index contributed by atoms with van der Waals surface area (Å²) in [5.41, 5.74) is 0.510. The molecule has 0 fully saturated rings. The molecule has 3 rings (SSSR count). The van der Waals surface area contributed by atoms with Crippen LogP contribution in [0.4, 0.5) is 5.69 Å². The summed E-state index contributed by atoms with van der Waals surface area (Å²) in [7, 11) is 0. The van der Waals surface area contributed by atoms with E-state index in [1.807, 2.05) is 48.5 Å². The Morgan fingerprint density at radius 2 is 2.00 bits per heavy atom. The van der Waals surface area contributed by atoms with Crippen LogP contribution in [0.5, 0.6) is 0 Å². The van der Waals surface area contributed by atoms with E-state index < -0.39 is 17.4 Å². The topological polar surface area (TPSA) is 81.1 Å². The van der Waals surface area contributed by atoms with E-state index in [1.165, 1.54) is 4.90 Å². The average molecular weight is 560 g/mol. The van der Waals surface area contributed by atoms with E-state index in [1.54, 1.807) is 30.1 Å². The molecule has 0 aliphatic carbocycles. The zero-order valence-electron chi connectivity index (χ0n) is 18.7. The molecule has 6 nitrogen and oxygen atoms in total. The van der Waals surface area contributed by atoms with E-state index in [0.29, 0.717) is 24.3 Å². The van der Waals surface area contributed by atoms with Gasteiger partial charge in [-0.15, -0.1) is 6.58 Å². The van der Waals surface area contributed by atoms with Crippen molar-refractivity contribution >= 4 is 40.1 Å². The SMILES string of the molecule is C=CCN1C(=O)[C@](O)([C@H](C)/C=C/CC(=O)N(CCO)Cc2ccccc2)c2cc(I)ccc21. The minimum Gasteiger partial charge on any atom is -0.395 e. The number of aliphatic hydroxyl groups is 2. The lowest BCUT2D eigenvalue weighted by molar-refractivity contribution is -0.139. The van der Waals surface area contributed by atoms with E-state index in [2.05, 4.69) is 29.2 Å². The van der Waals surface area contributed by atoms with E-state index in [4.69, 9.17) is 0 Å². The summed E-state index contributed by atoms with van der Waals surface area (Å²) >= 11 is 2.16. The van der Waals surface area contributed by atoms with E-state index in [-0.39, 0.29) is 25.5 Å². The molecule has 2 atom stereocenters. The van der Waals surface area contributed by atoms with Crippen LogP contribution in [0.2, 0.25) is 0 Å². The van der Waals surface area contributed by atoms with Gasteiger partial charge in [0.05, 0.1) is 12.3 Å². The number of hydrogen-bond acceptors (Lipinski definition) is 4. The number of anilines is 1. The maximum Gasteiger partial charge on any atom is 0.264 e. The van der Waals surface area contributed by atoms with Crippen molar-refractivity contribution in [3.8, 4) is 0 Å². The number of carbonyl (C=O) groups excluding carboxylic acids is 2. The van der Waals surface area contributed by atoms with Crippen LogP contribution in [0.3, 0.4) is 0 Å². The van der Waals surface area contributed by atoms with Crippen LogP contribution in [0.25, 0.3) is 0 Å². The van der Waals surface area contributed by atoms with Gasteiger partial charge in [-0.2, -0.15) is 0 Å². The molecule has 33 heavy (non-hydrogen) atoms. The molecule has 0 spiro atoms. The third-order valence-corrected chi connectivity index (χ3v) is 6.53. The predicted octanol–water partition coefficient (Wildman–Crippen LogP) is 3.61. The number of nitrogens with zero attached hydrogens (tertiary/aromatic N) is 2. The summed E-state index contributed by atoms with van der Waals surface area (Å²) in [4.78, 5) is 29.1. The number of halogens is 1. The number of hydrogen-bond donors (Lipinski definition) is 2. The highest BCUT2D eigenvalue weighted by atomic mass is 127. The van der Waals surface area contributed by atoms with E-state index in [0.717, 1.165) is 9.13 Å². The first kappa shape index (κ1) is 25.1. The van der Waals surface area contributed by atoms with Gasteiger partial charge in [-0.3, -0.25) is 9.59 Å². The molecule has 0 radical (unpaired) electrons. The Balaban J connectivity index is 1.75. The molecule has 1 aliphatic heterocycles. The maximum atomic E-state index is 13.2. The van der Waals surface area contributed by atoms with E-state index >= 15 is 0 Å². The van der Waals surface area contributed by atoms with Gasteiger partial charge in [-0.05, 0) is 46.4 Å². The second-order valence-electron chi connectivity index (χ2n) is 8.08. The molecule has 0 unspecified atom stereocenters. The third kappa shape index (κ3) is 5.37. The fourth-order valence-electron chi connectivity index (χ4n) is 4.09. The van der Waals surface area contributed by atoms with Gasteiger partial charge in [0.15, 0.2) is 5.60 Å². The van der Waals surface area contributed by atoms with Crippen molar-refractivity contribution in [2.45, 2.75) is 25.5 Å². The van der Waals surface area contributed by atoms with Crippen LogP contribution in [0, 0.1) is 9.49 Å². The van der Waals surface area contributed by atoms with Crippen LogP contribution in [-0.2, 0) is 21.7 Å². The Morgan fingerprint density at radius 3 is 2.67 bits per heavy atom. The summed E-state index contributed by atoms with van der Waals surface area (Å²) < 4.78 is 0.921. The summed E-state index contributed by atoms with van der Waals surface area (Å²) in [6, 6.07) is 15.2. The van der Waals surface area contributed by atoms with Gasteiger partial charge in [-0.1, -0.05) is 55.5 Å². The van der Waals surface area contributed by atoms with Gasteiger partial charge in [0.25, 0.3) is 5.91 Å². The van der Waals surface area contributed by atoms with Gasteiger partial charge in [-0.25, -0.2) is 0 Å². The first-order chi connectivity index (χ1) is 15.8. The van der Waals surface area contributed by atoms with Crippen LogP contribution >= 0.6 is 22.6 Å². The highest BCUT2D eigenvalue weighted by Gasteiger charge is 2.52. The van der Waals surface area contributed by atoms with Crippen molar-refractivity contribution < 1.29 is 19.8 Å². The lowest BCUT2D eigenvalue weighted by atomic mass is 9.83. The standard InChI is InChI=1S/C26H29IN2O4/c1-3-14-29-23-13-12-21(27)17-22(23)26(33,25(29)32)19(2)8-7-11-24(31)28(15-16-30)18-20-9-5-4-6-10-20/h3-10,12-13,17,19,30,33H,1,11,14-16,18H2,2H3/b8-7+/t19-,26+/m1/s1. The van der Waals surface area contributed by atoms with Crippen molar-refractivity contribution in [2.75, 3.05) is 24.6 Å². The molecular weight excluding hydrogens is 531 g/mol. The Morgan fingerprint density at radius 1 is 1.27 bits per heavy atom. The van der Waals surface area contributed by atoms with Crippen molar-refractivity contribution in [3.63, 3.8) is 0 Å². The molecule has 1 heterocycles. The van der Waals surface area contributed by atoms with Crippen molar-refractivity contribution in [3.05, 3.63) is 88.0 Å². The smallest absolute Gasteiger partial charge is 0.264 e. The zero-order valence-corrected chi connectivity index (χ0v) is 20.8. The van der Waals surface area contributed by atoms with Crippen molar-refractivity contribution in [2.24, 2.45) is 5.92 Å². The molecule has 0 aromatic heterocycles. The predicted molar refractivity (Wildman–Crippen MR) is 137 cm³/mol. The molecule has 0 saturated carbocycles. The van der Waals surface area contributed by atoms with Crippen molar-refractivity contribution in [1.29, 1.82) is 0 Å². The second-order valence-corrected chi connectivity index (χ2v) is 9.32. The monoisotopic (exact) mass is 560 g/mol. The summed E-state index contributed by atoms with van der Waals surface area (Å²) in [6.07, 6.45) is 5.15. The molecule has 0 bridgehead atoms. The van der Waals surface area contributed by atoms with Gasteiger partial charge >= 0.3 is 0 Å².